The number of aliphatic hydroxyl groups is 1. The molecule has 1 aliphatic rings. The van der Waals surface area contributed by atoms with Gasteiger partial charge in [-0.3, -0.25) is 0 Å². The van der Waals surface area contributed by atoms with E-state index < -0.39 is 0 Å². The van der Waals surface area contributed by atoms with Gasteiger partial charge in [-0.25, -0.2) is 4.79 Å². The molecule has 0 radical (unpaired) electrons. The third kappa shape index (κ3) is 4.73. The van der Waals surface area contributed by atoms with Crippen LogP contribution in [-0.4, -0.2) is 35.7 Å². The number of nitrogens with one attached hydrogen (secondary N) is 1. The van der Waals surface area contributed by atoms with Gasteiger partial charge in [0.15, 0.2) is 0 Å². The van der Waals surface area contributed by atoms with E-state index in [4.69, 9.17) is 0 Å². The Hall–Kier alpha value is -1.55. The number of nitrogens with zero attached hydrogens (tertiary/aromatic N) is 1. The van der Waals surface area contributed by atoms with Crippen molar-refractivity contribution in [3.8, 4) is 0 Å². The van der Waals surface area contributed by atoms with Crippen molar-refractivity contribution in [1.29, 1.82) is 0 Å². The first-order valence-electron chi connectivity index (χ1n) is 8.04. The van der Waals surface area contributed by atoms with Crippen LogP contribution in [0.1, 0.15) is 44.7 Å². The fourth-order valence-corrected chi connectivity index (χ4v) is 2.43. The van der Waals surface area contributed by atoms with Gasteiger partial charge in [-0.05, 0) is 35.3 Å². The summed E-state index contributed by atoms with van der Waals surface area (Å²) in [6.07, 6.45) is 1.77. The van der Waals surface area contributed by atoms with Gasteiger partial charge < -0.3 is 15.3 Å². The summed E-state index contributed by atoms with van der Waals surface area (Å²) in [5, 5.41) is 12.8. The van der Waals surface area contributed by atoms with Gasteiger partial charge in [0, 0.05) is 20.1 Å². The first kappa shape index (κ1) is 16.8. The highest BCUT2D eigenvalue weighted by Crippen LogP contribution is 2.32. The number of likely N-dealkylation sites (N-methyl/N-ethyl adjacent to an activating group) is 1. The third-order valence-corrected chi connectivity index (χ3v) is 4.24. The van der Waals surface area contributed by atoms with Crippen molar-refractivity contribution in [3.63, 3.8) is 0 Å². The minimum absolute atomic E-state index is 0.139. The zero-order chi connectivity index (χ0) is 16.3. The minimum atomic E-state index is -0.387. The molecular weight excluding hydrogens is 276 g/mol. The zero-order valence-corrected chi connectivity index (χ0v) is 14.1. The van der Waals surface area contributed by atoms with Crippen molar-refractivity contribution < 1.29 is 9.90 Å². The van der Waals surface area contributed by atoms with E-state index in [1.165, 1.54) is 5.56 Å². The smallest absolute Gasteiger partial charge is 0.317 e. The van der Waals surface area contributed by atoms with Gasteiger partial charge in [-0.15, -0.1) is 0 Å². The second-order valence-electron chi connectivity index (χ2n) is 7.39. The summed E-state index contributed by atoms with van der Waals surface area (Å²) >= 11 is 0. The maximum absolute atomic E-state index is 12.0. The average molecular weight is 304 g/mol. The Morgan fingerprint density at radius 2 is 1.91 bits per heavy atom. The van der Waals surface area contributed by atoms with Gasteiger partial charge in [0.05, 0.1) is 6.10 Å². The lowest BCUT2D eigenvalue weighted by Gasteiger charge is -2.21. The van der Waals surface area contributed by atoms with E-state index in [0.717, 1.165) is 18.4 Å². The average Bonchev–Trinajstić information content (AvgIpc) is 3.28. The van der Waals surface area contributed by atoms with Crippen molar-refractivity contribution in [1.82, 2.24) is 10.2 Å². The van der Waals surface area contributed by atoms with E-state index in [0.29, 0.717) is 19.0 Å². The van der Waals surface area contributed by atoms with Crippen LogP contribution in [0.25, 0.3) is 0 Å². The molecule has 0 saturated heterocycles. The van der Waals surface area contributed by atoms with Crippen LogP contribution in [0.2, 0.25) is 0 Å². The minimum Gasteiger partial charge on any atom is -0.391 e. The monoisotopic (exact) mass is 304 g/mol. The van der Waals surface area contributed by atoms with Crippen molar-refractivity contribution >= 4 is 6.03 Å². The molecule has 2 rings (SSSR count). The Bertz CT molecular complexity index is 501. The predicted molar refractivity (Wildman–Crippen MR) is 88.7 cm³/mol. The molecule has 1 aliphatic carbocycles. The van der Waals surface area contributed by atoms with Crippen molar-refractivity contribution in [2.45, 2.75) is 51.7 Å². The lowest BCUT2D eigenvalue weighted by atomic mass is 9.87. The molecule has 1 fully saturated rings. The highest BCUT2D eigenvalue weighted by molar-refractivity contribution is 5.73. The van der Waals surface area contributed by atoms with Crippen molar-refractivity contribution in [2.24, 2.45) is 5.92 Å². The molecule has 0 aliphatic heterocycles. The normalized spacial score (nSPS) is 16.2. The Morgan fingerprint density at radius 1 is 1.32 bits per heavy atom. The maximum atomic E-state index is 12.0. The van der Waals surface area contributed by atoms with Crippen LogP contribution in [0.15, 0.2) is 24.3 Å². The highest BCUT2D eigenvalue weighted by atomic mass is 16.3. The van der Waals surface area contributed by atoms with E-state index in [1.807, 2.05) is 0 Å². The molecule has 2 N–H and O–H groups in total. The number of carbonyl (C=O) groups is 1. The highest BCUT2D eigenvalue weighted by Gasteiger charge is 2.31. The van der Waals surface area contributed by atoms with E-state index in [1.54, 1.807) is 11.9 Å². The molecule has 22 heavy (non-hydrogen) atoms. The second kappa shape index (κ2) is 6.69. The number of amides is 2. The molecule has 1 unspecified atom stereocenters. The summed E-state index contributed by atoms with van der Waals surface area (Å²) in [6, 6.07) is 8.20. The number of hydrogen-bond acceptors (Lipinski definition) is 2. The summed E-state index contributed by atoms with van der Waals surface area (Å²) in [6.45, 7) is 7.46. The lowest BCUT2D eigenvalue weighted by molar-refractivity contribution is 0.113. The van der Waals surface area contributed by atoms with Crippen LogP contribution in [0.5, 0.6) is 0 Å². The summed E-state index contributed by atoms with van der Waals surface area (Å²) < 4.78 is 0. The topological polar surface area (TPSA) is 52.6 Å². The van der Waals surface area contributed by atoms with Crippen molar-refractivity contribution in [2.75, 3.05) is 13.6 Å². The second-order valence-corrected chi connectivity index (χ2v) is 7.39. The summed E-state index contributed by atoms with van der Waals surface area (Å²) in [7, 11) is 1.73. The number of benzene rings is 1. The van der Waals surface area contributed by atoms with Crippen LogP contribution in [-0.2, 0) is 12.0 Å². The molecule has 2 amide bonds. The largest absolute Gasteiger partial charge is 0.391 e. The Morgan fingerprint density at radius 3 is 2.41 bits per heavy atom. The summed E-state index contributed by atoms with van der Waals surface area (Å²) in [5.74, 6) is 0.389. The predicted octanol–water partition coefficient (Wildman–Crippen LogP) is 2.90. The molecule has 1 saturated carbocycles. The van der Waals surface area contributed by atoms with Gasteiger partial charge in [-0.1, -0.05) is 45.0 Å². The Balaban J connectivity index is 1.80. The van der Waals surface area contributed by atoms with Gasteiger partial charge in [0.25, 0.3) is 0 Å². The van der Waals surface area contributed by atoms with Gasteiger partial charge in [0.1, 0.15) is 0 Å². The van der Waals surface area contributed by atoms with Gasteiger partial charge in [0.2, 0.25) is 0 Å². The van der Waals surface area contributed by atoms with Crippen LogP contribution in [0.3, 0.4) is 0 Å². The van der Waals surface area contributed by atoms with Crippen LogP contribution >= 0.6 is 0 Å². The first-order chi connectivity index (χ1) is 10.3. The molecule has 0 aromatic heterocycles. The van der Waals surface area contributed by atoms with E-state index >= 15 is 0 Å². The number of aliphatic hydroxyl groups excluding tert-OH is 1. The number of carbonyl (C=O) groups excluding carboxylic acids is 1. The molecular formula is C18H28N2O2. The first-order valence-corrected chi connectivity index (χ1v) is 8.04. The van der Waals surface area contributed by atoms with Gasteiger partial charge >= 0.3 is 6.03 Å². The Labute approximate surface area is 133 Å². The molecule has 1 atom stereocenters. The molecule has 4 heteroatoms. The maximum Gasteiger partial charge on any atom is 0.317 e. The molecule has 0 spiro atoms. The lowest BCUT2D eigenvalue weighted by Crippen LogP contribution is -2.41. The fourth-order valence-electron chi connectivity index (χ4n) is 2.43. The van der Waals surface area contributed by atoms with Crippen LogP contribution in [0, 0.1) is 5.92 Å². The van der Waals surface area contributed by atoms with Crippen LogP contribution < -0.4 is 5.32 Å². The SMILES string of the molecule is CN(CC(O)C1CC1)C(=O)NCc1ccc(C(C)(C)C)cc1. The number of hydrogen-bond donors (Lipinski definition) is 2. The molecule has 1 aromatic rings. The fraction of sp³-hybridized carbons (Fsp3) is 0.611. The number of urea groups is 1. The van der Waals surface area contributed by atoms with E-state index in [-0.39, 0.29) is 17.6 Å². The molecule has 0 heterocycles. The third-order valence-electron chi connectivity index (χ3n) is 4.24. The van der Waals surface area contributed by atoms with E-state index in [9.17, 15) is 9.90 Å². The van der Waals surface area contributed by atoms with Crippen molar-refractivity contribution in [3.05, 3.63) is 35.4 Å². The molecule has 122 valence electrons. The summed E-state index contributed by atoms with van der Waals surface area (Å²) in [5.41, 5.74) is 2.51. The summed E-state index contributed by atoms with van der Waals surface area (Å²) in [4.78, 5) is 13.6. The van der Waals surface area contributed by atoms with Gasteiger partial charge in [-0.2, -0.15) is 0 Å². The Kier molecular flexibility index (Phi) is 5.12. The van der Waals surface area contributed by atoms with E-state index in [2.05, 4.69) is 50.4 Å². The molecule has 0 bridgehead atoms. The number of rotatable bonds is 5. The molecule has 4 nitrogen and oxygen atoms in total. The zero-order valence-electron chi connectivity index (χ0n) is 14.1. The molecule has 1 aromatic carbocycles. The quantitative estimate of drug-likeness (QED) is 0.879. The standard InChI is InChI=1S/C18H28N2O2/c1-18(2,3)15-9-5-13(6-10-15)11-19-17(22)20(4)12-16(21)14-7-8-14/h5-6,9-10,14,16,21H,7-8,11-12H2,1-4H3,(H,19,22). The van der Waals surface area contributed by atoms with Crippen LogP contribution in [0.4, 0.5) is 4.79 Å².